The van der Waals surface area contributed by atoms with Gasteiger partial charge in [0.1, 0.15) is 34.5 Å². The van der Waals surface area contributed by atoms with E-state index in [0.29, 0.717) is 60.0 Å². The number of ether oxygens (including phenoxy) is 4. The van der Waals surface area contributed by atoms with Crippen molar-refractivity contribution in [3.8, 4) is 22.9 Å². The summed E-state index contributed by atoms with van der Waals surface area (Å²) < 4.78 is 61.7. The topological polar surface area (TPSA) is 181 Å². The third-order valence-corrected chi connectivity index (χ3v) is 12.7. The smallest absolute Gasteiger partial charge is 0.290 e. The van der Waals surface area contributed by atoms with Gasteiger partial charge in [-0.25, -0.2) is 18.7 Å². The van der Waals surface area contributed by atoms with Gasteiger partial charge in [-0.2, -0.15) is 0 Å². The molecule has 14 nitrogen and oxygen atoms in total. The largest absolute Gasteiger partial charge is 0.441 e. The molecule has 2 saturated heterocycles. The van der Waals surface area contributed by atoms with Crippen LogP contribution < -0.4 is 10.6 Å². The quantitative estimate of drug-likeness (QED) is 0.108. The second kappa shape index (κ2) is 21.6. The maximum atomic E-state index is 13.1. The molecule has 2 aliphatic carbocycles. The van der Waals surface area contributed by atoms with Gasteiger partial charge in [0.15, 0.2) is 0 Å². The summed E-state index contributed by atoms with van der Waals surface area (Å²) in [6, 6.07) is 12.0. The molecule has 4 heterocycles. The Labute approximate surface area is 365 Å². The maximum absolute atomic E-state index is 13.1. The predicted octanol–water partition coefficient (Wildman–Crippen LogP) is 8.88. The number of nitrogens with one attached hydrogen (secondary N) is 2. The average Bonchev–Trinajstić information content (AvgIpc) is 4.01. The van der Waals surface area contributed by atoms with E-state index < -0.39 is 0 Å². The minimum absolute atomic E-state index is 0.0361. The zero-order valence-electron chi connectivity index (χ0n) is 34.3. The molecule has 5 unspecified atom stereocenters. The van der Waals surface area contributed by atoms with E-state index in [2.05, 4.69) is 20.6 Å². The van der Waals surface area contributed by atoms with E-state index in [0.717, 1.165) is 91.8 Å². The summed E-state index contributed by atoms with van der Waals surface area (Å²) in [4.78, 5) is 55.0. The van der Waals surface area contributed by atoms with Crippen molar-refractivity contribution < 1.29 is 55.7 Å². The Morgan fingerprint density at radius 2 is 1.19 bits per heavy atom. The van der Waals surface area contributed by atoms with E-state index in [1.165, 1.54) is 24.3 Å². The lowest BCUT2D eigenvalue weighted by molar-refractivity contribution is -0.119. The number of carbonyl (C=O) groups excluding carboxylic acids is 4. The molecule has 62 heavy (non-hydrogen) atoms. The fourth-order valence-corrected chi connectivity index (χ4v) is 8.84. The standard InChI is InChI=1S/C22H25FN2O5S.C22H23FN2O5S/c2*1-13-18(24-21(30-13)14-5-7-15(23)8-6-14)12-29-17-4-2-3-16(11-17)28-10-9-19-20(26)25-22(27)31-19/h5-8,16-17,19H,2-4,9-12H2,1H3,(H,25,26,27);5-9,16-17H,2-4,10-12H2,1H3,(H,25,26,27)/b;19-9-. The number of halogens is 2. The summed E-state index contributed by atoms with van der Waals surface area (Å²) in [6.45, 7) is 5.07. The number of carbonyl (C=O) groups is 4. The molecule has 330 valence electrons. The van der Waals surface area contributed by atoms with Crippen LogP contribution in [0.5, 0.6) is 0 Å². The summed E-state index contributed by atoms with van der Waals surface area (Å²) >= 11 is 1.92. The molecule has 2 N–H and O–H groups in total. The van der Waals surface area contributed by atoms with Crippen LogP contribution in [0.1, 0.15) is 80.7 Å². The lowest BCUT2D eigenvalue weighted by Gasteiger charge is -2.29. The van der Waals surface area contributed by atoms with Crippen LogP contribution in [0.3, 0.4) is 0 Å². The summed E-state index contributed by atoms with van der Waals surface area (Å²) in [7, 11) is 0. The molecule has 0 radical (unpaired) electrons. The van der Waals surface area contributed by atoms with Crippen LogP contribution >= 0.6 is 23.5 Å². The molecule has 2 saturated carbocycles. The number of imide groups is 2. The molecule has 0 bridgehead atoms. The molecule has 4 aromatic rings. The molecule has 2 aliphatic heterocycles. The second-order valence-electron chi connectivity index (χ2n) is 15.3. The SMILES string of the molecule is Cc1oc(-c2ccc(F)cc2)nc1COC1CCCC(OC/C=C2\SC(=O)NC2=O)C1.Cc1oc(-c2ccc(F)cc2)nc1COC1CCCC(OCCC2SC(=O)NC2=O)C1. The average molecular weight is 895 g/mol. The Morgan fingerprint density at radius 3 is 1.66 bits per heavy atom. The molecule has 2 aromatic carbocycles. The molecule has 4 aliphatic rings. The Bertz CT molecular complexity index is 2230. The Morgan fingerprint density at radius 1 is 0.694 bits per heavy atom. The normalized spacial score (nSPS) is 23.4. The van der Waals surface area contributed by atoms with Gasteiger partial charge in [0.25, 0.3) is 16.4 Å². The highest BCUT2D eigenvalue weighted by molar-refractivity contribution is 8.18. The molecule has 18 heteroatoms. The Balaban J connectivity index is 0.000000186. The van der Waals surface area contributed by atoms with E-state index in [1.54, 1.807) is 30.3 Å². The number of aryl methyl sites for hydroxylation is 2. The van der Waals surface area contributed by atoms with Gasteiger partial charge in [-0.05, 0) is 138 Å². The number of thioether (sulfide) groups is 2. The molecular formula is C44H48F2N4O10S2. The Kier molecular flexibility index (Phi) is 15.8. The zero-order valence-corrected chi connectivity index (χ0v) is 36.0. The number of hydrogen-bond acceptors (Lipinski definition) is 14. The highest BCUT2D eigenvalue weighted by atomic mass is 32.2. The van der Waals surface area contributed by atoms with E-state index >= 15 is 0 Å². The third-order valence-electron chi connectivity index (χ3n) is 10.8. The number of aromatic nitrogens is 2. The fourth-order valence-electron chi connectivity index (χ4n) is 7.40. The van der Waals surface area contributed by atoms with Crippen molar-refractivity contribution in [3.05, 3.63) is 94.1 Å². The molecule has 8 rings (SSSR count). The van der Waals surface area contributed by atoms with Crippen molar-refractivity contribution in [3.63, 3.8) is 0 Å². The van der Waals surface area contributed by atoms with Crippen LogP contribution in [0.15, 0.2) is 68.3 Å². The number of benzene rings is 2. The van der Waals surface area contributed by atoms with Crippen LogP contribution in [0.2, 0.25) is 0 Å². The highest BCUT2D eigenvalue weighted by Gasteiger charge is 2.32. The van der Waals surface area contributed by atoms with E-state index in [4.69, 9.17) is 27.8 Å². The van der Waals surface area contributed by atoms with Gasteiger partial charge in [0, 0.05) is 17.7 Å². The van der Waals surface area contributed by atoms with Crippen molar-refractivity contribution >= 4 is 45.8 Å². The first-order valence-electron chi connectivity index (χ1n) is 20.6. The lowest BCUT2D eigenvalue weighted by Crippen LogP contribution is -2.30. The Hall–Kier alpha value is -4.72. The molecule has 0 spiro atoms. The number of rotatable bonds is 15. The fraction of sp³-hybridized carbons (Fsp3) is 0.455. The van der Waals surface area contributed by atoms with Gasteiger partial charge < -0.3 is 27.8 Å². The monoisotopic (exact) mass is 894 g/mol. The summed E-state index contributed by atoms with van der Waals surface area (Å²) in [5.74, 6) is 1.05. The molecule has 2 aromatic heterocycles. The number of hydrogen-bond donors (Lipinski definition) is 2. The lowest BCUT2D eigenvalue weighted by atomic mass is 9.95. The maximum Gasteiger partial charge on any atom is 0.290 e. The van der Waals surface area contributed by atoms with E-state index in [1.807, 2.05) is 13.8 Å². The van der Waals surface area contributed by atoms with Crippen LogP contribution in [0.4, 0.5) is 18.4 Å². The minimum Gasteiger partial charge on any atom is -0.441 e. The van der Waals surface area contributed by atoms with Gasteiger partial charge in [-0.3, -0.25) is 29.8 Å². The summed E-state index contributed by atoms with van der Waals surface area (Å²) in [5.41, 5.74) is 2.89. The van der Waals surface area contributed by atoms with Crippen molar-refractivity contribution in [2.75, 3.05) is 13.2 Å². The zero-order chi connectivity index (χ0) is 43.6. The van der Waals surface area contributed by atoms with Crippen LogP contribution in [0, 0.1) is 25.5 Å². The van der Waals surface area contributed by atoms with Crippen LogP contribution in [-0.4, -0.2) is 75.1 Å². The van der Waals surface area contributed by atoms with Gasteiger partial charge in [-0.15, -0.1) is 0 Å². The molecular weight excluding hydrogens is 847 g/mol. The van der Waals surface area contributed by atoms with Gasteiger partial charge in [0.05, 0.1) is 54.4 Å². The molecule has 4 amide bonds. The predicted molar refractivity (Wildman–Crippen MR) is 226 cm³/mol. The third kappa shape index (κ3) is 12.7. The first kappa shape index (κ1) is 45.3. The van der Waals surface area contributed by atoms with Gasteiger partial charge in [0.2, 0.25) is 17.7 Å². The van der Waals surface area contributed by atoms with E-state index in [9.17, 15) is 28.0 Å². The van der Waals surface area contributed by atoms with Gasteiger partial charge in [-0.1, -0.05) is 11.8 Å². The minimum atomic E-state index is -0.369. The van der Waals surface area contributed by atoms with Crippen LogP contribution in [-0.2, 0) is 41.8 Å². The van der Waals surface area contributed by atoms with Crippen molar-refractivity contribution in [1.82, 2.24) is 20.6 Å². The first-order valence-corrected chi connectivity index (χ1v) is 22.3. The van der Waals surface area contributed by atoms with Crippen LogP contribution in [0.25, 0.3) is 22.9 Å². The number of oxazole rings is 2. The van der Waals surface area contributed by atoms with Crippen molar-refractivity contribution in [1.29, 1.82) is 0 Å². The molecule has 4 fully saturated rings. The van der Waals surface area contributed by atoms with Crippen molar-refractivity contribution in [2.45, 2.75) is 115 Å². The number of nitrogens with zero attached hydrogens (tertiary/aromatic N) is 2. The number of amides is 4. The summed E-state index contributed by atoms with van der Waals surface area (Å²) in [6.07, 6.45) is 9.70. The first-order chi connectivity index (χ1) is 29.9. The van der Waals surface area contributed by atoms with Gasteiger partial charge >= 0.3 is 0 Å². The highest BCUT2D eigenvalue weighted by Crippen LogP contribution is 2.30. The summed E-state index contributed by atoms with van der Waals surface area (Å²) in [5, 5.41) is 3.53. The van der Waals surface area contributed by atoms with Crippen molar-refractivity contribution in [2.24, 2.45) is 0 Å². The van der Waals surface area contributed by atoms with E-state index in [-0.39, 0.29) is 70.2 Å². The second-order valence-corrected chi connectivity index (χ2v) is 17.5. The molecule has 5 atom stereocenters.